The second kappa shape index (κ2) is 6.23. The van der Waals surface area contributed by atoms with Crippen molar-refractivity contribution >= 4 is 23.0 Å². The number of nitrogens with zero attached hydrogens (tertiary/aromatic N) is 1. The van der Waals surface area contributed by atoms with Gasteiger partial charge in [0.2, 0.25) is 0 Å². The molecular weight excluding hydrogens is 298 g/mol. The Hall–Kier alpha value is -2.61. The first-order valence-corrected chi connectivity index (χ1v) is 6.79. The van der Waals surface area contributed by atoms with E-state index < -0.39 is 10.9 Å². The van der Waals surface area contributed by atoms with Crippen molar-refractivity contribution < 1.29 is 24.3 Å². The zero-order valence-electron chi connectivity index (χ0n) is 10.9. The maximum absolute atomic E-state index is 10.9. The van der Waals surface area contributed by atoms with Crippen LogP contribution in [0.25, 0.3) is 0 Å². The van der Waals surface area contributed by atoms with Gasteiger partial charge in [-0.1, -0.05) is 0 Å². The largest absolute Gasteiger partial charge is 0.493 e. The third-order valence-electron chi connectivity index (χ3n) is 2.41. The third-order valence-corrected chi connectivity index (χ3v) is 3.31. The first kappa shape index (κ1) is 14.8. The molecule has 2 aromatic rings. The SMILES string of the molecule is CCOc1cc(Oc2csc(C(=O)O)c2)cc([N+](=O)[O-])c1. The number of thiophene rings is 1. The Labute approximate surface area is 123 Å². The molecule has 1 aromatic carbocycles. The number of carboxylic acids is 1. The Morgan fingerprint density at radius 3 is 2.57 bits per heavy atom. The van der Waals surface area contributed by atoms with Crippen molar-refractivity contribution in [1.29, 1.82) is 0 Å². The van der Waals surface area contributed by atoms with E-state index in [-0.39, 0.29) is 16.3 Å². The van der Waals surface area contributed by atoms with E-state index in [4.69, 9.17) is 14.6 Å². The minimum atomic E-state index is -1.05. The van der Waals surface area contributed by atoms with Crippen molar-refractivity contribution in [1.82, 2.24) is 0 Å². The van der Waals surface area contributed by atoms with Crippen LogP contribution in [0.2, 0.25) is 0 Å². The fraction of sp³-hybridized carbons (Fsp3) is 0.154. The molecule has 21 heavy (non-hydrogen) atoms. The summed E-state index contributed by atoms with van der Waals surface area (Å²) in [7, 11) is 0. The van der Waals surface area contributed by atoms with E-state index in [1.165, 1.54) is 29.6 Å². The van der Waals surface area contributed by atoms with Gasteiger partial charge < -0.3 is 14.6 Å². The minimum absolute atomic E-state index is 0.125. The molecule has 0 bridgehead atoms. The van der Waals surface area contributed by atoms with E-state index in [0.29, 0.717) is 18.1 Å². The van der Waals surface area contributed by atoms with Gasteiger partial charge in [0, 0.05) is 17.5 Å². The van der Waals surface area contributed by atoms with Crippen LogP contribution in [0.15, 0.2) is 29.6 Å². The number of nitro groups is 1. The molecule has 110 valence electrons. The van der Waals surface area contributed by atoms with Gasteiger partial charge in [-0.2, -0.15) is 0 Å². The van der Waals surface area contributed by atoms with Gasteiger partial charge in [-0.3, -0.25) is 10.1 Å². The average Bonchev–Trinajstić information content (AvgIpc) is 2.87. The molecule has 0 saturated carbocycles. The van der Waals surface area contributed by atoms with E-state index >= 15 is 0 Å². The molecule has 1 N–H and O–H groups in total. The first-order chi connectivity index (χ1) is 9.99. The fourth-order valence-corrected chi connectivity index (χ4v) is 2.24. The minimum Gasteiger partial charge on any atom is -0.493 e. The maximum Gasteiger partial charge on any atom is 0.346 e. The number of carbonyl (C=O) groups is 1. The third kappa shape index (κ3) is 3.69. The highest BCUT2D eigenvalue weighted by molar-refractivity contribution is 7.12. The molecule has 8 heteroatoms. The number of rotatable bonds is 6. The van der Waals surface area contributed by atoms with Crippen LogP contribution in [0.4, 0.5) is 5.69 Å². The summed E-state index contributed by atoms with van der Waals surface area (Å²) in [5.74, 6) is -0.220. The molecule has 0 aliphatic heterocycles. The summed E-state index contributed by atoms with van der Waals surface area (Å²) in [6, 6.07) is 5.41. The monoisotopic (exact) mass is 309 g/mol. The average molecular weight is 309 g/mol. The fourth-order valence-electron chi connectivity index (χ4n) is 1.59. The van der Waals surface area contributed by atoms with Crippen LogP contribution in [0.1, 0.15) is 16.6 Å². The topological polar surface area (TPSA) is 98.9 Å². The van der Waals surface area contributed by atoms with Crippen molar-refractivity contribution in [3.05, 3.63) is 44.6 Å². The number of benzene rings is 1. The van der Waals surface area contributed by atoms with Gasteiger partial charge in [0.05, 0.1) is 23.7 Å². The summed E-state index contributed by atoms with van der Waals surface area (Å²) in [5, 5.41) is 21.2. The molecule has 0 radical (unpaired) electrons. The number of ether oxygens (including phenoxy) is 2. The standard InChI is InChI=1S/C13H11NO6S/c1-2-19-9-3-8(14(17)18)4-10(5-9)20-11-6-12(13(15)16)21-7-11/h3-7H,2H2,1H3,(H,15,16). The van der Waals surface area contributed by atoms with Gasteiger partial charge in [0.1, 0.15) is 22.1 Å². The summed E-state index contributed by atoms with van der Waals surface area (Å²) < 4.78 is 10.7. The highest BCUT2D eigenvalue weighted by atomic mass is 32.1. The summed E-state index contributed by atoms with van der Waals surface area (Å²) in [5.41, 5.74) is -0.162. The molecule has 2 rings (SSSR count). The van der Waals surface area contributed by atoms with E-state index in [1.807, 2.05) is 0 Å². The number of hydrogen-bond acceptors (Lipinski definition) is 6. The van der Waals surface area contributed by atoms with Crippen molar-refractivity contribution in [2.45, 2.75) is 6.92 Å². The normalized spacial score (nSPS) is 10.1. The summed E-state index contributed by atoms with van der Waals surface area (Å²) in [6.07, 6.45) is 0. The lowest BCUT2D eigenvalue weighted by atomic mass is 10.3. The quantitative estimate of drug-likeness (QED) is 0.647. The molecule has 0 aliphatic rings. The van der Waals surface area contributed by atoms with Crippen LogP contribution in [0, 0.1) is 10.1 Å². The van der Waals surface area contributed by atoms with Crippen molar-refractivity contribution in [3.8, 4) is 17.2 Å². The number of hydrogen-bond donors (Lipinski definition) is 1. The number of non-ortho nitro benzene ring substituents is 1. The molecule has 0 atom stereocenters. The smallest absolute Gasteiger partial charge is 0.346 e. The second-order valence-corrected chi connectivity index (χ2v) is 4.82. The molecule has 0 saturated heterocycles. The Kier molecular flexibility index (Phi) is 4.39. The van der Waals surface area contributed by atoms with Crippen molar-refractivity contribution in [2.24, 2.45) is 0 Å². The highest BCUT2D eigenvalue weighted by Gasteiger charge is 2.13. The van der Waals surface area contributed by atoms with Crippen LogP contribution >= 0.6 is 11.3 Å². The van der Waals surface area contributed by atoms with Gasteiger partial charge in [-0.05, 0) is 6.92 Å². The lowest BCUT2D eigenvalue weighted by Gasteiger charge is -2.07. The van der Waals surface area contributed by atoms with Crippen LogP contribution in [-0.2, 0) is 0 Å². The molecule has 0 spiro atoms. The molecule has 0 amide bonds. The lowest BCUT2D eigenvalue weighted by Crippen LogP contribution is -1.95. The van der Waals surface area contributed by atoms with E-state index in [9.17, 15) is 14.9 Å². The maximum atomic E-state index is 10.9. The van der Waals surface area contributed by atoms with Crippen molar-refractivity contribution in [2.75, 3.05) is 6.61 Å². The van der Waals surface area contributed by atoms with E-state index in [0.717, 1.165) is 11.3 Å². The van der Waals surface area contributed by atoms with Gasteiger partial charge in [0.15, 0.2) is 0 Å². The van der Waals surface area contributed by atoms with Gasteiger partial charge in [0.25, 0.3) is 5.69 Å². The molecule has 0 fully saturated rings. The molecule has 1 aromatic heterocycles. The molecule has 1 heterocycles. The highest BCUT2D eigenvalue weighted by Crippen LogP contribution is 2.32. The molecule has 7 nitrogen and oxygen atoms in total. The van der Waals surface area contributed by atoms with Crippen LogP contribution < -0.4 is 9.47 Å². The Morgan fingerprint density at radius 2 is 2.00 bits per heavy atom. The lowest BCUT2D eigenvalue weighted by molar-refractivity contribution is -0.385. The van der Waals surface area contributed by atoms with E-state index in [2.05, 4.69) is 0 Å². The summed E-state index contributed by atoms with van der Waals surface area (Å²) >= 11 is 1.01. The van der Waals surface area contributed by atoms with Gasteiger partial charge >= 0.3 is 5.97 Å². The van der Waals surface area contributed by atoms with Crippen molar-refractivity contribution in [3.63, 3.8) is 0 Å². The van der Waals surface area contributed by atoms with Gasteiger partial charge in [-0.15, -0.1) is 11.3 Å². The predicted molar refractivity (Wildman–Crippen MR) is 75.6 cm³/mol. The summed E-state index contributed by atoms with van der Waals surface area (Å²) in [6.45, 7) is 2.12. The zero-order valence-corrected chi connectivity index (χ0v) is 11.8. The number of aromatic carboxylic acids is 1. The second-order valence-electron chi connectivity index (χ2n) is 3.91. The molecule has 0 aliphatic carbocycles. The molecular formula is C13H11NO6S. The Bertz CT molecular complexity index is 681. The van der Waals surface area contributed by atoms with E-state index in [1.54, 1.807) is 6.92 Å². The predicted octanol–water partition coefficient (Wildman–Crippen LogP) is 3.55. The molecule has 0 unspecified atom stereocenters. The Balaban J connectivity index is 2.28. The zero-order chi connectivity index (χ0) is 15.4. The first-order valence-electron chi connectivity index (χ1n) is 5.91. The number of carboxylic acid groups (broad SMARTS) is 1. The Morgan fingerprint density at radius 1 is 1.29 bits per heavy atom. The van der Waals surface area contributed by atoms with Crippen LogP contribution in [0.5, 0.6) is 17.2 Å². The van der Waals surface area contributed by atoms with Crippen LogP contribution in [0.3, 0.4) is 0 Å². The number of nitro benzene ring substituents is 1. The van der Waals surface area contributed by atoms with Gasteiger partial charge in [-0.25, -0.2) is 4.79 Å². The van der Waals surface area contributed by atoms with Crippen LogP contribution in [-0.4, -0.2) is 22.6 Å². The summed E-state index contributed by atoms with van der Waals surface area (Å²) in [4.78, 5) is 21.2.